The van der Waals surface area contributed by atoms with Gasteiger partial charge < -0.3 is 15.2 Å². The second-order valence-corrected chi connectivity index (χ2v) is 4.17. The molecule has 0 fully saturated rings. The Bertz CT molecular complexity index is 451. The maximum absolute atomic E-state index is 11.7. The molecule has 0 aliphatic rings. The second kappa shape index (κ2) is 6.85. The van der Waals surface area contributed by atoms with Crippen molar-refractivity contribution in [1.29, 1.82) is 0 Å². The molecule has 0 unspecified atom stereocenters. The molecule has 0 atom stereocenters. The Hall–Kier alpha value is -1.76. The van der Waals surface area contributed by atoms with Crippen LogP contribution in [0.25, 0.3) is 0 Å². The molecular weight excluding hydrogens is 256 g/mol. The predicted octanol–water partition coefficient (Wildman–Crippen LogP) is 1.11. The van der Waals surface area contributed by atoms with Crippen molar-refractivity contribution in [1.82, 2.24) is 4.98 Å². The number of ether oxygens (including phenoxy) is 2. The van der Waals surface area contributed by atoms with Crippen molar-refractivity contribution >= 4 is 29.4 Å². The van der Waals surface area contributed by atoms with E-state index in [1.807, 2.05) is 0 Å². The van der Waals surface area contributed by atoms with Crippen LogP contribution in [-0.4, -0.2) is 36.4 Å². The SMILES string of the molecule is CCOC(=O)c1cc(N)cnc1SCC(=O)OC. The van der Waals surface area contributed by atoms with Crippen LogP contribution in [0.1, 0.15) is 17.3 Å². The summed E-state index contributed by atoms with van der Waals surface area (Å²) in [5.41, 5.74) is 6.19. The number of pyridine rings is 1. The second-order valence-electron chi connectivity index (χ2n) is 3.21. The average Bonchev–Trinajstić information content (AvgIpc) is 2.37. The number of carbonyl (C=O) groups is 2. The number of aromatic nitrogens is 1. The fourth-order valence-corrected chi connectivity index (χ4v) is 1.92. The molecule has 0 bridgehead atoms. The Morgan fingerprint density at radius 2 is 2.22 bits per heavy atom. The summed E-state index contributed by atoms with van der Waals surface area (Å²) in [5.74, 6) is -0.835. The first-order valence-electron chi connectivity index (χ1n) is 5.20. The van der Waals surface area contributed by atoms with Crippen LogP contribution >= 0.6 is 11.8 Å². The molecule has 1 heterocycles. The van der Waals surface area contributed by atoms with Crippen molar-refractivity contribution in [2.24, 2.45) is 0 Å². The first kappa shape index (κ1) is 14.3. The number of carbonyl (C=O) groups excluding carboxylic acids is 2. The Balaban J connectivity index is 2.89. The van der Waals surface area contributed by atoms with Gasteiger partial charge in [0.15, 0.2) is 0 Å². The lowest BCUT2D eigenvalue weighted by atomic mass is 10.3. The molecule has 0 saturated heterocycles. The summed E-state index contributed by atoms with van der Waals surface area (Å²) in [7, 11) is 1.30. The minimum Gasteiger partial charge on any atom is -0.468 e. The number of nitrogens with zero attached hydrogens (tertiary/aromatic N) is 1. The van der Waals surface area contributed by atoms with E-state index < -0.39 is 11.9 Å². The van der Waals surface area contributed by atoms with Crippen LogP contribution in [0.5, 0.6) is 0 Å². The number of methoxy groups -OCH3 is 1. The Morgan fingerprint density at radius 1 is 1.50 bits per heavy atom. The third kappa shape index (κ3) is 3.92. The van der Waals surface area contributed by atoms with Gasteiger partial charge in [0, 0.05) is 0 Å². The number of hydrogen-bond acceptors (Lipinski definition) is 7. The number of hydrogen-bond donors (Lipinski definition) is 1. The molecule has 0 aliphatic carbocycles. The van der Waals surface area contributed by atoms with E-state index in [0.717, 1.165) is 11.8 Å². The topological polar surface area (TPSA) is 91.5 Å². The summed E-state index contributed by atoms with van der Waals surface area (Å²) in [5, 5.41) is 0.396. The highest BCUT2D eigenvalue weighted by atomic mass is 32.2. The smallest absolute Gasteiger partial charge is 0.340 e. The minimum absolute atomic E-state index is 0.0693. The van der Waals surface area contributed by atoms with E-state index in [1.165, 1.54) is 19.4 Å². The van der Waals surface area contributed by atoms with E-state index in [-0.39, 0.29) is 17.9 Å². The van der Waals surface area contributed by atoms with Gasteiger partial charge >= 0.3 is 11.9 Å². The monoisotopic (exact) mass is 270 g/mol. The van der Waals surface area contributed by atoms with Gasteiger partial charge in [-0.15, -0.1) is 0 Å². The summed E-state index contributed by atoms with van der Waals surface area (Å²) in [6, 6.07) is 1.48. The van der Waals surface area contributed by atoms with E-state index >= 15 is 0 Å². The number of anilines is 1. The van der Waals surface area contributed by atoms with Crippen molar-refractivity contribution in [2.75, 3.05) is 25.2 Å². The van der Waals surface area contributed by atoms with Crippen LogP contribution < -0.4 is 5.73 Å². The first-order chi connectivity index (χ1) is 8.58. The zero-order valence-corrected chi connectivity index (χ0v) is 11.0. The van der Waals surface area contributed by atoms with Crippen molar-refractivity contribution in [2.45, 2.75) is 11.9 Å². The molecule has 1 aromatic heterocycles. The van der Waals surface area contributed by atoms with Gasteiger partial charge in [-0.05, 0) is 13.0 Å². The van der Waals surface area contributed by atoms with Crippen LogP contribution in [0.4, 0.5) is 5.69 Å². The molecule has 0 saturated carbocycles. The summed E-state index contributed by atoms with van der Waals surface area (Å²) < 4.78 is 9.41. The molecule has 0 aliphatic heterocycles. The average molecular weight is 270 g/mol. The fraction of sp³-hybridized carbons (Fsp3) is 0.364. The van der Waals surface area contributed by atoms with Crippen molar-refractivity contribution < 1.29 is 19.1 Å². The van der Waals surface area contributed by atoms with Crippen LogP contribution in [-0.2, 0) is 14.3 Å². The maximum atomic E-state index is 11.7. The summed E-state index contributed by atoms with van der Waals surface area (Å²) in [6.07, 6.45) is 1.42. The summed E-state index contributed by atoms with van der Waals surface area (Å²) in [6.45, 7) is 1.97. The normalized spacial score (nSPS) is 9.89. The number of rotatable bonds is 5. The van der Waals surface area contributed by atoms with Crippen LogP contribution in [0.3, 0.4) is 0 Å². The van der Waals surface area contributed by atoms with E-state index in [0.29, 0.717) is 10.7 Å². The van der Waals surface area contributed by atoms with E-state index in [9.17, 15) is 9.59 Å². The van der Waals surface area contributed by atoms with E-state index in [2.05, 4.69) is 9.72 Å². The molecule has 1 rings (SSSR count). The lowest BCUT2D eigenvalue weighted by molar-refractivity contribution is -0.137. The Morgan fingerprint density at radius 3 is 2.83 bits per heavy atom. The summed E-state index contributed by atoms with van der Waals surface area (Å²) in [4.78, 5) is 26.7. The third-order valence-corrected chi connectivity index (χ3v) is 2.90. The van der Waals surface area contributed by atoms with Gasteiger partial charge in [-0.3, -0.25) is 4.79 Å². The third-order valence-electron chi connectivity index (χ3n) is 1.92. The molecular formula is C11H14N2O4S. The highest BCUT2D eigenvalue weighted by Crippen LogP contribution is 2.23. The lowest BCUT2D eigenvalue weighted by Crippen LogP contribution is -2.10. The Labute approximate surface area is 109 Å². The number of nitrogen functional groups attached to an aromatic ring is 1. The quantitative estimate of drug-likeness (QED) is 0.632. The van der Waals surface area contributed by atoms with Gasteiger partial charge in [0.1, 0.15) is 5.03 Å². The van der Waals surface area contributed by atoms with Gasteiger partial charge in [0.2, 0.25) is 0 Å². The maximum Gasteiger partial charge on any atom is 0.340 e. The molecule has 7 heteroatoms. The van der Waals surface area contributed by atoms with Crippen LogP contribution in [0.2, 0.25) is 0 Å². The van der Waals surface area contributed by atoms with Crippen molar-refractivity contribution in [3.8, 4) is 0 Å². The van der Waals surface area contributed by atoms with Gasteiger partial charge in [-0.2, -0.15) is 0 Å². The lowest BCUT2D eigenvalue weighted by Gasteiger charge is -2.07. The molecule has 1 aromatic rings. The number of esters is 2. The molecule has 6 nitrogen and oxygen atoms in total. The minimum atomic E-state index is -0.510. The fourth-order valence-electron chi connectivity index (χ4n) is 1.12. The number of nitrogens with two attached hydrogens (primary N) is 1. The predicted molar refractivity (Wildman–Crippen MR) is 67.3 cm³/mol. The zero-order valence-electron chi connectivity index (χ0n) is 10.1. The van der Waals surface area contributed by atoms with Crippen LogP contribution in [0.15, 0.2) is 17.3 Å². The summed E-state index contributed by atoms with van der Waals surface area (Å²) >= 11 is 1.10. The highest BCUT2D eigenvalue weighted by molar-refractivity contribution is 8.00. The molecule has 18 heavy (non-hydrogen) atoms. The van der Waals surface area contributed by atoms with Crippen molar-refractivity contribution in [3.05, 3.63) is 17.8 Å². The zero-order chi connectivity index (χ0) is 13.5. The standard InChI is InChI=1S/C11H14N2O4S/c1-3-17-11(15)8-4-7(12)5-13-10(8)18-6-9(14)16-2/h4-5H,3,6,12H2,1-2H3. The van der Waals surface area contributed by atoms with Gasteiger partial charge in [0.25, 0.3) is 0 Å². The van der Waals surface area contributed by atoms with Crippen molar-refractivity contribution in [3.63, 3.8) is 0 Å². The molecule has 0 aromatic carbocycles. The highest BCUT2D eigenvalue weighted by Gasteiger charge is 2.16. The largest absolute Gasteiger partial charge is 0.468 e. The van der Waals surface area contributed by atoms with Gasteiger partial charge in [-0.1, -0.05) is 11.8 Å². The van der Waals surface area contributed by atoms with E-state index in [4.69, 9.17) is 10.5 Å². The molecule has 98 valence electrons. The molecule has 0 amide bonds. The number of thioether (sulfide) groups is 1. The van der Waals surface area contributed by atoms with Gasteiger partial charge in [0.05, 0.1) is 36.9 Å². The first-order valence-corrected chi connectivity index (χ1v) is 6.19. The Kier molecular flexibility index (Phi) is 5.44. The molecule has 0 spiro atoms. The van der Waals surface area contributed by atoms with Gasteiger partial charge in [-0.25, -0.2) is 9.78 Å². The molecule has 0 radical (unpaired) electrons. The molecule has 2 N–H and O–H groups in total. The van der Waals surface area contributed by atoms with Crippen LogP contribution in [0, 0.1) is 0 Å². The van der Waals surface area contributed by atoms with E-state index in [1.54, 1.807) is 6.92 Å².